The minimum Gasteiger partial charge on any atom is -0.497 e. The van der Waals surface area contributed by atoms with Crippen molar-refractivity contribution in [2.45, 2.75) is 11.1 Å². The van der Waals surface area contributed by atoms with Crippen molar-refractivity contribution in [1.29, 1.82) is 0 Å². The van der Waals surface area contributed by atoms with E-state index >= 15 is 0 Å². The minimum atomic E-state index is -4.44. The van der Waals surface area contributed by atoms with E-state index in [4.69, 9.17) is 17.0 Å². The van der Waals surface area contributed by atoms with E-state index in [9.17, 15) is 21.6 Å². The average molecular weight is 460 g/mol. The molecule has 1 aliphatic heterocycles. The second kappa shape index (κ2) is 8.78. The monoisotopic (exact) mass is 459 g/mol. The van der Waals surface area contributed by atoms with Crippen LogP contribution in [0.25, 0.3) is 0 Å². The number of piperazine rings is 1. The van der Waals surface area contributed by atoms with E-state index in [0.29, 0.717) is 18.8 Å². The fourth-order valence-corrected chi connectivity index (χ4v) is 4.73. The topological polar surface area (TPSA) is 61.9 Å². The minimum absolute atomic E-state index is 0.168. The van der Waals surface area contributed by atoms with Crippen LogP contribution in [0.4, 0.5) is 18.9 Å². The van der Waals surface area contributed by atoms with Crippen LogP contribution in [0.2, 0.25) is 0 Å². The highest BCUT2D eigenvalue weighted by atomic mass is 32.2. The van der Waals surface area contributed by atoms with Gasteiger partial charge in [-0.25, -0.2) is 8.42 Å². The summed E-state index contributed by atoms with van der Waals surface area (Å²) in [4.78, 5) is 1.90. The molecule has 1 fully saturated rings. The molecule has 0 atom stereocenters. The van der Waals surface area contributed by atoms with Gasteiger partial charge in [0.15, 0.2) is 5.11 Å². The SMILES string of the molecule is COc1ccc(S(=O)(=O)N2CCN(C(=S)Nc3cccc(C(F)(F)F)c3)CC2)cc1. The molecule has 1 saturated heterocycles. The van der Waals surface area contributed by atoms with Crippen molar-refractivity contribution in [2.75, 3.05) is 38.6 Å². The van der Waals surface area contributed by atoms with E-state index in [-0.39, 0.29) is 28.8 Å². The lowest BCUT2D eigenvalue weighted by Gasteiger charge is -2.35. The Morgan fingerprint density at radius 1 is 1.07 bits per heavy atom. The molecular weight excluding hydrogens is 439 g/mol. The molecule has 30 heavy (non-hydrogen) atoms. The molecule has 0 aromatic heterocycles. The molecule has 0 unspecified atom stereocenters. The van der Waals surface area contributed by atoms with Gasteiger partial charge in [0.1, 0.15) is 5.75 Å². The molecule has 0 radical (unpaired) electrons. The van der Waals surface area contributed by atoms with E-state index in [2.05, 4.69) is 5.32 Å². The Kier molecular flexibility index (Phi) is 6.53. The number of hydrogen-bond donors (Lipinski definition) is 1. The number of hydrogen-bond acceptors (Lipinski definition) is 4. The van der Waals surface area contributed by atoms with Crippen LogP contribution >= 0.6 is 12.2 Å². The Bertz CT molecular complexity index is 1000. The van der Waals surface area contributed by atoms with Crippen LogP contribution in [0.15, 0.2) is 53.4 Å². The first-order valence-electron chi connectivity index (χ1n) is 8.98. The lowest BCUT2D eigenvalue weighted by atomic mass is 10.2. The summed E-state index contributed by atoms with van der Waals surface area (Å²) in [7, 11) is -2.16. The second-order valence-electron chi connectivity index (χ2n) is 6.58. The Balaban J connectivity index is 1.61. The van der Waals surface area contributed by atoms with Gasteiger partial charge < -0.3 is 15.0 Å². The second-order valence-corrected chi connectivity index (χ2v) is 8.90. The summed E-state index contributed by atoms with van der Waals surface area (Å²) in [6.07, 6.45) is -4.44. The summed E-state index contributed by atoms with van der Waals surface area (Å²) >= 11 is 5.30. The van der Waals surface area contributed by atoms with Crippen molar-refractivity contribution >= 4 is 33.0 Å². The van der Waals surface area contributed by atoms with Gasteiger partial charge in [-0.05, 0) is 54.7 Å². The molecule has 2 aromatic rings. The summed E-state index contributed by atoms with van der Waals surface area (Å²) in [6.45, 7) is 1.05. The first-order valence-corrected chi connectivity index (χ1v) is 10.8. The van der Waals surface area contributed by atoms with Crippen LogP contribution in [-0.4, -0.2) is 56.0 Å². The predicted molar refractivity (Wildman–Crippen MR) is 111 cm³/mol. The van der Waals surface area contributed by atoms with E-state index in [1.807, 2.05) is 0 Å². The molecule has 0 aliphatic carbocycles. The van der Waals surface area contributed by atoms with Crippen molar-refractivity contribution in [3.63, 3.8) is 0 Å². The quantitative estimate of drug-likeness (QED) is 0.707. The van der Waals surface area contributed by atoms with E-state index in [1.165, 1.54) is 35.7 Å². The number of sulfonamides is 1. The fourth-order valence-electron chi connectivity index (χ4n) is 3.00. The summed E-state index contributed by atoms with van der Waals surface area (Å²) in [5.74, 6) is 0.560. The molecule has 1 aliphatic rings. The number of benzene rings is 2. The maximum atomic E-state index is 12.9. The first-order chi connectivity index (χ1) is 14.1. The smallest absolute Gasteiger partial charge is 0.416 e. The van der Waals surface area contributed by atoms with Crippen molar-refractivity contribution in [2.24, 2.45) is 0 Å². The number of rotatable bonds is 4. The lowest BCUT2D eigenvalue weighted by molar-refractivity contribution is -0.137. The van der Waals surface area contributed by atoms with Gasteiger partial charge in [-0.15, -0.1) is 0 Å². The van der Waals surface area contributed by atoms with Gasteiger partial charge in [0.25, 0.3) is 0 Å². The molecule has 0 saturated carbocycles. The molecule has 0 amide bonds. The average Bonchev–Trinajstić information content (AvgIpc) is 2.73. The zero-order valence-electron chi connectivity index (χ0n) is 16.0. The number of nitrogens with one attached hydrogen (secondary N) is 1. The summed E-state index contributed by atoms with van der Waals surface area (Å²) in [6, 6.07) is 10.9. The molecule has 1 N–H and O–H groups in total. The molecule has 1 heterocycles. The third-order valence-corrected chi connectivity index (χ3v) is 6.94. The fraction of sp³-hybridized carbons (Fsp3) is 0.316. The van der Waals surface area contributed by atoms with Crippen LogP contribution in [0.5, 0.6) is 5.75 Å². The molecule has 162 valence electrons. The predicted octanol–water partition coefficient (Wildman–Crippen LogP) is 3.42. The van der Waals surface area contributed by atoms with Gasteiger partial charge in [0.05, 0.1) is 17.6 Å². The zero-order chi connectivity index (χ0) is 21.9. The van der Waals surface area contributed by atoms with Gasteiger partial charge in [-0.1, -0.05) is 6.07 Å². The summed E-state index contributed by atoms with van der Waals surface area (Å²) in [5, 5.41) is 3.04. The number of halogens is 3. The standard InChI is InChI=1S/C19H20F3N3O3S2/c1-28-16-5-7-17(8-6-16)30(26,27)25-11-9-24(10-12-25)18(29)23-15-4-2-3-14(13-15)19(20,21)22/h2-8,13H,9-12H2,1H3,(H,23,29). The van der Waals surface area contributed by atoms with E-state index < -0.39 is 21.8 Å². The Morgan fingerprint density at radius 2 is 1.70 bits per heavy atom. The summed E-state index contributed by atoms with van der Waals surface area (Å²) < 4.78 is 70.6. The Labute approximate surface area is 178 Å². The van der Waals surface area contributed by atoms with Gasteiger partial charge in [0, 0.05) is 31.9 Å². The van der Waals surface area contributed by atoms with Crippen LogP contribution in [-0.2, 0) is 16.2 Å². The molecule has 6 nitrogen and oxygen atoms in total. The lowest BCUT2D eigenvalue weighted by Crippen LogP contribution is -2.51. The van der Waals surface area contributed by atoms with Crippen LogP contribution in [0.1, 0.15) is 5.56 Å². The van der Waals surface area contributed by atoms with Crippen molar-refractivity contribution < 1.29 is 26.3 Å². The molecule has 3 rings (SSSR count). The summed E-state index contributed by atoms with van der Waals surface area (Å²) in [5.41, 5.74) is -0.547. The van der Waals surface area contributed by atoms with Gasteiger partial charge in [-0.2, -0.15) is 17.5 Å². The number of nitrogens with zero attached hydrogens (tertiary/aromatic N) is 2. The number of ether oxygens (including phenoxy) is 1. The number of thiocarbonyl (C=S) groups is 1. The third-order valence-electron chi connectivity index (χ3n) is 4.66. The molecule has 2 aromatic carbocycles. The third kappa shape index (κ3) is 5.02. The van der Waals surface area contributed by atoms with Crippen LogP contribution in [0, 0.1) is 0 Å². The van der Waals surface area contributed by atoms with Gasteiger partial charge >= 0.3 is 6.18 Å². The highest BCUT2D eigenvalue weighted by Gasteiger charge is 2.31. The number of anilines is 1. The van der Waals surface area contributed by atoms with Crippen LogP contribution < -0.4 is 10.1 Å². The van der Waals surface area contributed by atoms with Crippen molar-refractivity contribution in [1.82, 2.24) is 9.21 Å². The number of methoxy groups -OCH3 is 1. The number of alkyl halides is 3. The van der Waals surface area contributed by atoms with Crippen LogP contribution in [0.3, 0.4) is 0 Å². The van der Waals surface area contributed by atoms with E-state index in [1.54, 1.807) is 17.0 Å². The Hall–Kier alpha value is -2.37. The largest absolute Gasteiger partial charge is 0.497 e. The van der Waals surface area contributed by atoms with Gasteiger partial charge in [-0.3, -0.25) is 0 Å². The van der Waals surface area contributed by atoms with Gasteiger partial charge in [0.2, 0.25) is 10.0 Å². The normalized spacial score (nSPS) is 15.7. The maximum absolute atomic E-state index is 12.9. The Morgan fingerprint density at radius 3 is 2.27 bits per heavy atom. The molecule has 0 spiro atoms. The molecular formula is C19H20F3N3O3S2. The molecule has 0 bridgehead atoms. The zero-order valence-corrected chi connectivity index (χ0v) is 17.6. The maximum Gasteiger partial charge on any atom is 0.416 e. The van der Waals surface area contributed by atoms with E-state index in [0.717, 1.165) is 12.1 Å². The highest BCUT2D eigenvalue weighted by Crippen LogP contribution is 2.30. The van der Waals surface area contributed by atoms with Crippen molar-refractivity contribution in [3.05, 3.63) is 54.1 Å². The van der Waals surface area contributed by atoms with Crippen molar-refractivity contribution in [3.8, 4) is 5.75 Å². The molecule has 11 heteroatoms. The first kappa shape index (κ1) is 22.3. The highest BCUT2D eigenvalue weighted by molar-refractivity contribution is 7.89.